The average molecular weight is 262 g/mol. The van der Waals surface area contributed by atoms with Crippen molar-refractivity contribution in [2.45, 2.75) is 6.61 Å². The quantitative estimate of drug-likeness (QED) is 0.887. The number of rotatable bonds is 5. The molecule has 6 nitrogen and oxygen atoms in total. The molecular weight excluding hydrogens is 248 g/mol. The van der Waals surface area contributed by atoms with Gasteiger partial charge in [0.05, 0.1) is 12.8 Å². The molecule has 2 aromatic rings. The minimum Gasteiger partial charge on any atom is -0.497 e. The van der Waals surface area contributed by atoms with Gasteiger partial charge in [-0.1, -0.05) is 0 Å². The zero-order valence-electron chi connectivity index (χ0n) is 10.7. The van der Waals surface area contributed by atoms with Crippen LogP contribution in [0.3, 0.4) is 0 Å². The number of ether oxygens (including phenoxy) is 2. The number of hydrogen-bond donors (Lipinski definition) is 1. The molecule has 0 aliphatic heterocycles. The van der Waals surface area contributed by atoms with Gasteiger partial charge in [-0.2, -0.15) is 5.10 Å². The average Bonchev–Trinajstić information content (AvgIpc) is 2.79. The van der Waals surface area contributed by atoms with Gasteiger partial charge in [0.1, 0.15) is 18.1 Å². The number of methoxy groups -OCH3 is 1. The largest absolute Gasteiger partial charge is 0.497 e. The van der Waals surface area contributed by atoms with E-state index in [1.54, 1.807) is 38.4 Å². The van der Waals surface area contributed by atoms with Crippen molar-refractivity contribution in [2.24, 2.45) is 7.05 Å². The minimum atomic E-state index is -1.05. The van der Waals surface area contributed by atoms with E-state index in [-0.39, 0.29) is 12.3 Å². The maximum atomic E-state index is 10.8. The molecule has 0 aliphatic rings. The number of aryl methyl sites for hydroxylation is 1. The monoisotopic (exact) mass is 262 g/mol. The second kappa shape index (κ2) is 5.43. The van der Waals surface area contributed by atoms with E-state index in [2.05, 4.69) is 5.10 Å². The Morgan fingerprint density at radius 1 is 1.32 bits per heavy atom. The van der Waals surface area contributed by atoms with Crippen molar-refractivity contribution in [3.63, 3.8) is 0 Å². The third-order valence-corrected chi connectivity index (χ3v) is 2.64. The molecule has 19 heavy (non-hydrogen) atoms. The van der Waals surface area contributed by atoms with Crippen LogP contribution in [-0.2, 0) is 13.7 Å². The van der Waals surface area contributed by atoms with Crippen molar-refractivity contribution in [1.29, 1.82) is 0 Å². The summed E-state index contributed by atoms with van der Waals surface area (Å²) in [5, 5.41) is 12.7. The Morgan fingerprint density at radius 2 is 1.95 bits per heavy atom. The van der Waals surface area contributed by atoms with Crippen LogP contribution in [0.1, 0.15) is 16.2 Å². The van der Waals surface area contributed by atoms with E-state index in [9.17, 15) is 4.79 Å². The van der Waals surface area contributed by atoms with Gasteiger partial charge >= 0.3 is 5.97 Å². The van der Waals surface area contributed by atoms with Gasteiger partial charge in [0.25, 0.3) is 0 Å². The molecule has 0 fully saturated rings. The second-order valence-electron chi connectivity index (χ2n) is 3.91. The summed E-state index contributed by atoms with van der Waals surface area (Å²) in [6, 6.07) is 8.65. The van der Waals surface area contributed by atoms with Crippen LogP contribution < -0.4 is 9.47 Å². The number of aromatic nitrogens is 2. The molecule has 0 bridgehead atoms. The molecule has 2 rings (SSSR count). The lowest BCUT2D eigenvalue weighted by Crippen LogP contribution is -2.03. The molecule has 6 heteroatoms. The summed E-state index contributed by atoms with van der Waals surface area (Å²) >= 11 is 0. The van der Waals surface area contributed by atoms with E-state index in [0.717, 1.165) is 5.75 Å². The summed E-state index contributed by atoms with van der Waals surface area (Å²) in [4.78, 5) is 10.8. The number of hydrogen-bond acceptors (Lipinski definition) is 4. The molecular formula is C13H14N2O4. The summed E-state index contributed by atoms with van der Waals surface area (Å²) in [7, 11) is 3.28. The molecule has 0 saturated heterocycles. The first-order valence-electron chi connectivity index (χ1n) is 5.63. The molecule has 0 radical (unpaired) electrons. The number of carbonyl (C=O) groups is 1. The van der Waals surface area contributed by atoms with Gasteiger partial charge in [0.15, 0.2) is 5.69 Å². The summed E-state index contributed by atoms with van der Waals surface area (Å²) < 4.78 is 12.1. The van der Waals surface area contributed by atoms with Crippen LogP contribution in [0.2, 0.25) is 0 Å². The Morgan fingerprint density at radius 3 is 2.47 bits per heavy atom. The molecule has 0 atom stereocenters. The van der Waals surface area contributed by atoms with Gasteiger partial charge in [-0.3, -0.25) is 4.68 Å². The van der Waals surface area contributed by atoms with E-state index in [1.807, 2.05) is 0 Å². The highest BCUT2D eigenvalue weighted by Crippen LogP contribution is 2.18. The van der Waals surface area contributed by atoms with Gasteiger partial charge in [-0.25, -0.2) is 4.79 Å². The number of nitrogens with zero attached hydrogens (tertiary/aromatic N) is 2. The minimum absolute atomic E-state index is 0.0100. The zero-order valence-corrected chi connectivity index (χ0v) is 10.7. The number of carboxylic acid groups (broad SMARTS) is 1. The molecule has 0 aliphatic carbocycles. The smallest absolute Gasteiger partial charge is 0.356 e. The molecule has 1 aromatic carbocycles. The maximum Gasteiger partial charge on any atom is 0.356 e. The molecule has 0 amide bonds. The zero-order chi connectivity index (χ0) is 13.8. The fourth-order valence-electron chi connectivity index (χ4n) is 1.57. The number of carboxylic acids is 1. The summed E-state index contributed by atoms with van der Waals surface area (Å²) in [5.41, 5.74) is 0.698. The first kappa shape index (κ1) is 12.9. The molecule has 100 valence electrons. The Balaban J connectivity index is 2.03. The predicted octanol–water partition coefficient (Wildman–Crippen LogP) is 1.71. The highest BCUT2D eigenvalue weighted by Gasteiger charge is 2.11. The molecule has 0 saturated carbocycles. The van der Waals surface area contributed by atoms with Gasteiger partial charge in [-0.15, -0.1) is 0 Å². The van der Waals surface area contributed by atoms with Crippen molar-refractivity contribution in [3.8, 4) is 11.5 Å². The Hall–Kier alpha value is -2.50. The topological polar surface area (TPSA) is 73.6 Å². The van der Waals surface area contributed by atoms with E-state index in [0.29, 0.717) is 11.4 Å². The fraction of sp³-hybridized carbons (Fsp3) is 0.231. The highest BCUT2D eigenvalue weighted by molar-refractivity contribution is 5.85. The molecule has 1 heterocycles. The predicted molar refractivity (Wildman–Crippen MR) is 67.5 cm³/mol. The lowest BCUT2D eigenvalue weighted by atomic mass is 10.3. The van der Waals surface area contributed by atoms with Crippen LogP contribution in [-0.4, -0.2) is 28.0 Å². The SMILES string of the molecule is COc1ccc(OCc2cc(C(=O)O)nn2C)cc1. The van der Waals surface area contributed by atoms with Crippen LogP contribution in [0.5, 0.6) is 11.5 Å². The first-order chi connectivity index (χ1) is 9.10. The van der Waals surface area contributed by atoms with Crippen molar-refractivity contribution in [1.82, 2.24) is 9.78 Å². The van der Waals surface area contributed by atoms with Crippen molar-refractivity contribution < 1.29 is 19.4 Å². The van der Waals surface area contributed by atoms with E-state index in [4.69, 9.17) is 14.6 Å². The molecule has 0 spiro atoms. The van der Waals surface area contributed by atoms with Gasteiger partial charge < -0.3 is 14.6 Å². The molecule has 1 aromatic heterocycles. The first-order valence-corrected chi connectivity index (χ1v) is 5.63. The van der Waals surface area contributed by atoms with Crippen LogP contribution in [0, 0.1) is 0 Å². The van der Waals surface area contributed by atoms with Crippen LogP contribution >= 0.6 is 0 Å². The second-order valence-corrected chi connectivity index (χ2v) is 3.91. The normalized spacial score (nSPS) is 10.2. The Labute approximate surface area is 110 Å². The number of aromatic carboxylic acids is 1. The lowest BCUT2D eigenvalue weighted by Gasteiger charge is -2.06. The van der Waals surface area contributed by atoms with Gasteiger partial charge in [0, 0.05) is 7.05 Å². The maximum absolute atomic E-state index is 10.8. The summed E-state index contributed by atoms with van der Waals surface area (Å²) in [6.45, 7) is 0.253. The van der Waals surface area contributed by atoms with E-state index in [1.165, 1.54) is 10.7 Å². The van der Waals surface area contributed by atoms with Crippen LogP contribution in [0.15, 0.2) is 30.3 Å². The van der Waals surface area contributed by atoms with Crippen molar-refractivity contribution in [2.75, 3.05) is 7.11 Å². The molecule has 0 unspecified atom stereocenters. The van der Waals surface area contributed by atoms with Crippen molar-refractivity contribution in [3.05, 3.63) is 41.7 Å². The van der Waals surface area contributed by atoms with Crippen LogP contribution in [0.4, 0.5) is 0 Å². The number of benzene rings is 1. The Kier molecular flexibility index (Phi) is 3.70. The summed E-state index contributed by atoms with van der Waals surface area (Å²) in [5.74, 6) is 0.381. The molecule has 1 N–H and O–H groups in total. The van der Waals surface area contributed by atoms with Gasteiger partial charge in [0.2, 0.25) is 0 Å². The van der Waals surface area contributed by atoms with E-state index < -0.39 is 5.97 Å². The lowest BCUT2D eigenvalue weighted by molar-refractivity contribution is 0.0689. The summed E-state index contributed by atoms with van der Waals surface area (Å²) in [6.07, 6.45) is 0. The fourth-order valence-corrected chi connectivity index (χ4v) is 1.57. The highest BCUT2D eigenvalue weighted by atomic mass is 16.5. The van der Waals surface area contributed by atoms with Gasteiger partial charge in [-0.05, 0) is 30.3 Å². The standard InChI is InChI=1S/C13H14N2O4/c1-15-9(7-12(14-15)13(16)17)8-19-11-5-3-10(18-2)4-6-11/h3-7H,8H2,1-2H3,(H,16,17). The Bertz CT molecular complexity index is 575. The van der Waals surface area contributed by atoms with Crippen LogP contribution in [0.25, 0.3) is 0 Å². The third-order valence-electron chi connectivity index (χ3n) is 2.64. The van der Waals surface area contributed by atoms with E-state index >= 15 is 0 Å². The third kappa shape index (κ3) is 3.04. The van der Waals surface area contributed by atoms with Crippen molar-refractivity contribution >= 4 is 5.97 Å².